The van der Waals surface area contributed by atoms with Gasteiger partial charge in [0.05, 0.1) is 15.7 Å². The number of nitrogens with zero attached hydrogens (tertiary/aromatic N) is 4. The lowest BCUT2D eigenvalue weighted by atomic mass is 10.0. The molecule has 180 valence electrons. The molecule has 1 fully saturated rings. The smallest absolute Gasteiger partial charge is 0.369 e. The van der Waals surface area contributed by atoms with Crippen molar-refractivity contribution in [2.75, 3.05) is 38.6 Å². The molecule has 13 heteroatoms. The first-order valence-corrected chi connectivity index (χ1v) is 12.8. The number of sulfonamides is 1. The van der Waals surface area contributed by atoms with Gasteiger partial charge in [-0.15, -0.1) is 11.3 Å². The van der Waals surface area contributed by atoms with Crippen LogP contribution in [0.1, 0.15) is 22.8 Å². The number of anilines is 1. The van der Waals surface area contributed by atoms with E-state index in [1.54, 1.807) is 27.1 Å². The minimum absolute atomic E-state index is 0.0319. The van der Waals surface area contributed by atoms with Crippen molar-refractivity contribution >= 4 is 55.2 Å². The maximum absolute atomic E-state index is 13.9. The number of alkyl halides is 3. The maximum Gasteiger partial charge on any atom is 0.418 e. The molecule has 33 heavy (non-hydrogen) atoms. The minimum atomic E-state index is -4.70. The van der Waals surface area contributed by atoms with E-state index < -0.39 is 33.7 Å². The van der Waals surface area contributed by atoms with Crippen molar-refractivity contribution in [2.24, 2.45) is 4.99 Å². The van der Waals surface area contributed by atoms with Crippen LogP contribution in [0.3, 0.4) is 0 Å². The summed E-state index contributed by atoms with van der Waals surface area (Å²) in [5.41, 5.74) is -1.24. The third-order valence-electron chi connectivity index (χ3n) is 4.97. The van der Waals surface area contributed by atoms with Gasteiger partial charge in [0.25, 0.3) is 15.9 Å². The molecule has 1 atom stereocenters. The van der Waals surface area contributed by atoms with Crippen LogP contribution in [0, 0.1) is 0 Å². The summed E-state index contributed by atoms with van der Waals surface area (Å²) in [5.74, 6) is -0.785. The third kappa shape index (κ3) is 5.76. The van der Waals surface area contributed by atoms with Crippen LogP contribution in [0.2, 0.25) is 0 Å². The summed E-state index contributed by atoms with van der Waals surface area (Å²) < 4.78 is 69.7. The van der Waals surface area contributed by atoms with E-state index in [-0.39, 0.29) is 35.1 Å². The summed E-state index contributed by atoms with van der Waals surface area (Å²) in [5, 5.41) is 0. The number of piperazine rings is 1. The van der Waals surface area contributed by atoms with Gasteiger partial charge in [-0.2, -0.15) is 22.5 Å². The average Bonchev–Trinajstić information content (AvgIpc) is 3.18. The Kier molecular flexibility index (Phi) is 7.56. The summed E-state index contributed by atoms with van der Waals surface area (Å²) in [6.07, 6.45) is -3.48. The minimum Gasteiger partial charge on any atom is -0.369 e. The van der Waals surface area contributed by atoms with Crippen LogP contribution >= 0.6 is 27.3 Å². The Hall–Kier alpha value is -1.96. The number of thiophene rings is 1. The molecule has 7 nitrogen and oxygen atoms in total. The molecule has 0 spiro atoms. The molecule has 0 bridgehead atoms. The van der Waals surface area contributed by atoms with Gasteiger partial charge in [-0.05, 0) is 53.2 Å². The fraction of sp³-hybridized carbons (Fsp3) is 0.400. The van der Waals surface area contributed by atoms with E-state index in [0.717, 1.165) is 17.4 Å². The van der Waals surface area contributed by atoms with Crippen molar-refractivity contribution in [2.45, 2.75) is 23.4 Å². The van der Waals surface area contributed by atoms with Gasteiger partial charge >= 0.3 is 6.18 Å². The largest absolute Gasteiger partial charge is 0.418 e. The van der Waals surface area contributed by atoms with Crippen LogP contribution in [0.25, 0.3) is 0 Å². The Balaban J connectivity index is 1.87. The summed E-state index contributed by atoms with van der Waals surface area (Å²) in [4.78, 5) is 18.8. The molecular formula is C20H22BrF3N4O3S2. The van der Waals surface area contributed by atoms with Gasteiger partial charge in [-0.1, -0.05) is 0 Å². The molecule has 0 N–H and O–H groups in total. The molecule has 0 radical (unpaired) electrons. The number of benzene rings is 1. The number of aliphatic imine (C=N–C) groups is 1. The van der Waals surface area contributed by atoms with Crippen molar-refractivity contribution in [1.82, 2.24) is 9.21 Å². The number of rotatable bonds is 5. The number of hydrogen-bond acceptors (Lipinski definition) is 5. The standard InChI is InChI=1S/C20H22BrF3N4O3S2/c1-13-11-27(8-9-28(13)33(30,31)18-7-6-17(21)32-18)16-5-4-14(10-15(16)20(22,23)24)19(29)25-12-26(2)3/h4-7,10,12-13H,8-9,11H2,1-3H3/t13-/m1/s1. The first-order valence-electron chi connectivity index (χ1n) is 9.79. The highest BCUT2D eigenvalue weighted by Gasteiger charge is 2.39. The van der Waals surface area contributed by atoms with Crippen LogP contribution in [0.15, 0.2) is 43.3 Å². The lowest BCUT2D eigenvalue weighted by Gasteiger charge is -2.40. The Morgan fingerprint density at radius 3 is 2.48 bits per heavy atom. The quantitative estimate of drug-likeness (QED) is 0.401. The monoisotopic (exact) mass is 566 g/mol. The lowest BCUT2D eigenvalue weighted by molar-refractivity contribution is -0.137. The maximum atomic E-state index is 13.9. The van der Waals surface area contributed by atoms with Gasteiger partial charge in [0.2, 0.25) is 0 Å². The first-order chi connectivity index (χ1) is 15.3. The molecule has 0 saturated carbocycles. The summed E-state index contributed by atoms with van der Waals surface area (Å²) in [6, 6.07) is 5.92. The topological polar surface area (TPSA) is 73.3 Å². The van der Waals surface area contributed by atoms with Gasteiger partial charge < -0.3 is 9.80 Å². The summed E-state index contributed by atoms with van der Waals surface area (Å²) in [7, 11) is -0.481. The Bertz CT molecular complexity index is 1170. The summed E-state index contributed by atoms with van der Waals surface area (Å²) >= 11 is 4.33. The fourth-order valence-corrected chi connectivity index (χ4v) is 7.24. The van der Waals surface area contributed by atoms with Crippen LogP contribution in [-0.4, -0.2) is 69.6 Å². The highest BCUT2D eigenvalue weighted by atomic mass is 79.9. The zero-order valence-corrected chi connectivity index (χ0v) is 21.2. The van der Waals surface area contributed by atoms with E-state index in [1.165, 1.54) is 38.6 Å². The molecule has 3 rings (SSSR count). The zero-order chi connectivity index (χ0) is 24.6. The van der Waals surface area contributed by atoms with Crippen LogP contribution in [0.4, 0.5) is 18.9 Å². The van der Waals surface area contributed by atoms with E-state index in [0.29, 0.717) is 3.79 Å². The van der Waals surface area contributed by atoms with E-state index in [2.05, 4.69) is 20.9 Å². The number of hydrogen-bond donors (Lipinski definition) is 0. The Morgan fingerprint density at radius 1 is 1.24 bits per heavy atom. The van der Waals surface area contributed by atoms with Crippen LogP contribution in [0.5, 0.6) is 0 Å². The molecule has 1 aliphatic rings. The highest BCUT2D eigenvalue weighted by Crippen LogP contribution is 2.39. The number of amides is 1. The van der Waals surface area contributed by atoms with Gasteiger partial charge in [-0.3, -0.25) is 4.79 Å². The molecular weight excluding hydrogens is 545 g/mol. The highest BCUT2D eigenvalue weighted by molar-refractivity contribution is 9.11. The number of carbonyl (C=O) groups is 1. The average molecular weight is 567 g/mol. The second-order valence-corrected chi connectivity index (χ2v) is 12.3. The second kappa shape index (κ2) is 9.72. The zero-order valence-electron chi connectivity index (χ0n) is 18.0. The summed E-state index contributed by atoms with van der Waals surface area (Å²) in [6.45, 7) is 1.84. The van der Waals surface area contributed by atoms with Crippen molar-refractivity contribution in [3.05, 3.63) is 45.2 Å². The Morgan fingerprint density at radius 2 is 1.94 bits per heavy atom. The van der Waals surface area contributed by atoms with Crippen LogP contribution < -0.4 is 4.90 Å². The van der Waals surface area contributed by atoms with Gasteiger partial charge in [-0.25, -0.2) is 8.42 Å². The van der Waals surface area contributed by atoms with Gasteiger partial charge in [0, 0.05) is 51.0 Å². The van der Waals surface area contributed by atoms with E-state index >= 15 is 0 Å². The molecule has 2 aromatic rings. The van der Waals surface area contributed by atoms with Gasteiger partial charge in [0.15, 0.2) is 0 Å². The van der Waals surface area contributed by atoms with Crippen molar-refractivity contribution in [3.8, 4) is 0 Å². The van der Waals surface area contributed by atoms with Gasteiger partial charge in [0.1, 0.15) is 4.21 Å². The van der Waals surface area contributed by atoms with E-state index in [4.69, 9.17) is 0 Å². The van der Waals surface area contributed by atoms with E-state index in [9.17, 15) is 26.4 Å². The lowest BCUT2D eigenvalue weighted by Crippen LogP contribution is -2.54. The molecule has 0 aliphatic carbocycles. The second-order valence-electron chi connectivity index (χ2n) is 7.71. The molecule has 1 aromatic heterocycles. The molecule has 1 saturated heterocycles. The molecule has 2 heterocycles. The molecule has 1 amide bonds. The number of carbonyl (C=O) groups excluding carboxylic acids is 1. The van der Waals surface area contributed by atoms with Crippen molar-refractivity contribution < 1.29 is 26.4 Å². The molecule has 0 unspecified atom stereocenters. The molecule has 1 aromatic carbocycles. The van der Waals surface area contributed by atoms with Crippen LogP contribution in [-0.2, 0) is 16.2 Å². The normalized spacial score (nSPS) is 18.2. The van der Waals surface area contributed by atoms with Crippen molar-refractivity contribution in [3.63, 3.8) is 0 Å². The third-order valence-corrected chi connectivity index (χ3v) is 9.08. The predicted octanol–water partition coefficient (Wildman–Crippen LogP) is 4.16. The Labute approximate surface area is 202 Å². The number of halogens is 4. The van der Waals surface area contributed by atoms with E-state index in [1.807, 2.05) is 0 Å². The SMILES string of the molecule is C[C@@H]1CN(c2ccc(C(=O)N=CN(C)C)cc2C(F)(F)F)CCN1S(=O)(=O)c1ccc(Br)s1. The van der Waals surface area contributed by atoms with Crippen molar-refractivity contribution in [1.29, 1.82) is 0 Å². The fourth-order valence-electron chi connectivity index (χ4n) is 3.48. The first kappa shape index (κ1) is 25.7. The molecule has 1 aliphatic heterocycles. The predicted molar refractivity (Wildman–Crippen MR) is 126 cm³/mol.